The van der Waals surface area contributed by atoms with E-state index in [9.17, 15) is 4.79 Å². The lowest BCUT2D eigenvalue weighted by Crippen LogP contribution is -2.54. The van der Waals surface area contributed by atoms with Gasteiger partial charge in [0, 0.05) is 18.5 Å². The monoisotopic (exact) mass is 275 g/mol. The Bertz CT molecular complexity index is 476. The summed E-state index contributed by atoms with van der Waals surface area (Å²) in [5, 5.41) is 0. The van der Waals surface area contributed by atoms with Crippen molar-refractivity contribution in [3.05, 3.63) is 30.3 Å². The van der Waals surface area contributed by atoms with Crippen molar-refractivity contribution in [1.82, 2.24) is 4.90 Å². The summed E-state index contributed by atoms with van der Waals surface area (Å²) in [6.45, 7) is 0. The zero-order valence-electron chi connectivity index (χ0n) is 12.0. The number of rotatable bonds is 3. The number of esters is 1. The van der Waals surface area contributed by atoms with Crippen molar-refractivity contribution < 1.29 is 14.3 Å². The molecular formula is C16H21NO3. The number of piperidine rings is 1. The van der Waals surface area contributed by atoms with Crippen LogP contribution in [0.15, 0.2) is 30.3 Å². The van der Waals surface area contributed by atoms with Gasteiger partial charge in [0.25, 0.3) is 0 Å². The summed E-state index contributed by atoms with van der Waals surface area (Å²) in [4.78, 5) is 14.5. The molecule has 20 heavy (non-hydrogen) atoms. The molecule has 0 aromatic heterocycles. The number of para-hydroxylation sites is 1. The van der Waals surface area contributed by atoms with Crippen LogP contribution in [0.5, 0.6) is 5.75 Å². The molecule has 1 aromatic carbocycles. The van der Waals surface area contributed by atoms with Gasteiger partial charge in [0.15, 0.2) is 0 Å². The first-order valence-corrected chi connectivity index (χ1v) is 7.22. The summed E-state index contributed by atoms with van der Waals surface area (Å²) in [7, 11) is 3.57. The molecule has 108 valence electrons. The van der Waals surface area contributed by atoms with Crippen molar-refractivity contribution in [2.24, 2.45) is 5.92 Å². The van der Waals surface area contributed by atoms with Gasteiger partial charge >= 0.3 is 5.97 Å². The average Bonchev–Trinajstić information content (AvgIpc) is 2.72. The van der Waals surface area contributed by atoms with Gasteiger partial charge in [-0.05, 0) is 32.0 Å². The Morgan fingerprint density at radius 3 is 2.70 bits per heavy atom. The molecule has 1 aromatic rings. The Morgan fingerprint density at radius 2 is 2.00 bits per heavy atom. The second kappa shape index (κ2) is 5.44. The molecule has 4 unspecified atom stereocenters. The van der Waals surface area contributed by atoms with Gasteiger partial charge < -0.3 is 9.47 Å². The molecule has 3 rings (SSSR count). The van der Waals surface area contributed by atoms with E-state index in [2.05, 4.69) is 11.9 Å². The highest BCUT2D eigenvalue weighted by Gasteiger charge is 2.50. The number of nitrogens with zero attached hydrogens (tertiary/aromatic N) is 1. The fourth-order valence-electron chi connectivity index (χ4n) is 3.66. The molecule has 2 heterocycles. The Balaban J connectivity index is 1.82. The van der Waals surface area contributed by atoms with Crippen molar-refractivity contribution in [3.63, 3.8) is 0 Å². The van der Waals surface area contributed by atoms with Crippen molar-refractivity contribution in [2.75, 3.05) is 14.2 Å². The van der Waals surface area contributed by atoms with Crippen LogP contribution < -0.4 is 4.74 Å². The molecule has 2 bridgehead atoms. The number of methoxy groups -OCH3 is 1. The Hall–Kier alpha value is -1.55. The molecule has 2 aliphatic heterocycles. The minimum absolute atomic E-state index is 0.0847. The zero-order chi connectivity index (χ0) is 14.1. The molecule has 0 saturated carbocycles. The van der Waals surface area contributed by atoms with Gasteiger partial charge in [0.2, 0.25) is 0 Å². The third kappa shape index (κ3) is 2.29. The van der Waals surface area contributed by atoms with Gasteiger partial charge in [0.05, 0.1) is 7.11 Å². The van der Waals surface area contributed by atoms with Crippen LogP contribution in [0.2, 0.25) is 0 Å². The summed E-state index contributed by atoms with van der Waals surface area (Å²) >= 11 is 0. The van der Waals surface area contributed by atoms with Crippen LogP contribution in [-0.4, -0.2) is 43.2 Å². The number of carbonyl (C=O) groups is 1. The molecule has 4 nitrogen and oxygen atoms in total. The number of ether oxygens (including phenoxy) is 2. The van der Waals surface area contributed by atoms with Crippen molar-refractivity contribution >= 4 is 5.97 Å². The summed E-state index contributed by atoms with van der Waals surface area (Å²) in [6.07, 6.45) is 3.00. The van der Waals surface area contributed by atoms with Crippen LogP contribution in [-0.2, 0) is 9.53 Å². The summed E-state index contributed by atoms with van der Waals surface area (Å²) in [5.74, 6) is 0.488. The van der Waals surface area contributed by atoms with Crippen LogP contribution in [0.25, 0.3) is 0 Å². The lowest BCUT2D eigenvalue weighted by atomic mass is 9.87. The number of fused-ring (bicyclic) bond motifs is 2. The molecule has 0 N–H and O–H groups in total. The van der Waals surface area contributed by atoms with E-state index in [0.717, 1.165) is 25.0 Å². The van der Waals surface area contributed by atoms with Gasteiger partial charge in [-0.25, -0.2) is 0 Å². The standard InChI is InChI=1S/C16H21NO3/c1-17-11-8-9-13(17)15(16(18)19-2)14(10-11)20-12-6-4-3-5-7-12/h3-7,11,13-15H,8-10H2,1-2H3. The maximum absolute atomic E-state index is 12.2. The molecule has 2 aliphatic rings. The summed E-state index contributed by atoms with van der Waals surface area (Å²) < 4.78 is 11.1. The van der Waals surface area contributed by atoms with E-state index in [0.29, 0.717) is 6.04 Å². The van der Waals surface area contributed by atoms with Gasteiger partial charge in [-0.15, -0.1) is 0 Å². The molecule has 0 aliphatic carbocycles. The second-order valence-electron chi connectivity index (χ2n) is 5.72. The summed E-state index contributed by atoms with van der Waals surface area (Å²) in [6, 6.07) is 10.5. The van der Waals surface area contributed by atoms with Crippen LogP contribution in [0.3, 0.4) is 0 Å². The van der Waals surface area contributed by atoms with Crippen LogP contribution in [0.4, 0.5) is 0 Å². The molecule has 0 spiro atoms. The molecule has 4 atom stereocenters. The first-order chi connectivity index (χ1) is 9.70. The van der Waals surface area contributed by atoms with E-state index >= 15 is 0 Å². The van der Waals surface area contributed by atoms with Crippen molar-refractivity contribution in [1.29, 1.82) is 0 Å². The van der Waals surface area contributed by atoms with Gasteiger partial charge in [0.1, 0.15) is 17.8 Å². The quantitative estimate of drug-likeness (QED) is 0.792. The SMILES string of the molecule is COC(=O)C1C(Oc2ccccc2)CC2CCC1N2C. The topological polar surface area (TPSA) is 38.8 Å². The van der Waals surface area contributed by atoms with E-state index in [1.165, 1.54) is 7.11 Å². The van der Waals surface area contributed by atoms with E-state index in [-0.39, 0.29) is 24.0 Å². The maximum atomic E-state index is 12.2. The van der Waals surface area contributed by atoms with E-state index in [1.54, 1.807) is 0 Å². The predicted molar refractivity (Wildman–Crippen MR) is 75.6 cm³/mol. The Kier molecular flexibility index (Phi) is 3.66. The number of carbonyl (C=O) groups excluding carboxylic acids is 1. The first kappa shape index (κ1) is 13.4. The minimum Gasteiger partial charge on any atom is -0.489 e. The first-order valence-electron chi connectivity index (χ1n) is 7.22. The van der Waals surface area contributed by atoms with E-state index in [4.69, 9.17) is 9.47 Å². The Morgan fingerprint density at radius 1 is 1.25 bits per heavy atom. The molecular weight excluding hydrogens is 254 g/mol. The second-order valence-corrected chi connectivity index (χ2v) is 5.72. The smallest absolute Gasteiger partial charge is 0.314 e. The highest BCUT2D eigenvalue weighted by molar-refractivity contribution is 5.74. The number of hydrogen-bond donors (Lipinski definition) is 0. The van der Waals surface area contributed by atoms with E-state index in [1.807, 2.05) is 30.3 Å². The molecule has 0 radical (unpaired) electrons. The fraction of sp³-hybridized carbons (Fsp3) is 0.562. The van der Waals surface area contributed by atoms with Crippen LogP contribution >= 0.6 is 0 Å². The molecule has 2 fully saturated rings. The lowest BCUT2D eigenvalue weighted by molar-refractivity contribution is -0.154. The normalized spacial score (nSPS) is 32.9. The molecule has 2 saturated heterocycles. The fourth-order valence-corrected chi connectivity index (χ4v) is 3.66. The average molecular weight is 275 g/mol. The van der Waals surface area contributed by atoms with Crippen molar-refractivity contribution in [3.8, 4) is 5.75 Å². The third-order valence-corrected chi connectivity index (χ3v) is 4.72. The molecule has 4 heteroatoms. The van der Waals surface area contributed by atoms with Crippen LogP contribution in [0.1, 0.15) is 19.3 Å². The van der Waals surface area contributed by atoms with Gasteiger partial charge in [-0.2, -0.15) is 0 Å². The van der Waals surface area contributed by atoms with Gasteiger partial charge in [-0.1, -0.05) is 18.2 Å². The van der Waals surface area contributed by atoms with Crippen molar-refractivity contribution in [2.45, 2.75) is 37.5 Å². The van der Waals surface area contributed by atoms with Gasteiger partial charge in [-0.3, -0.25) is 9.69 Å². The highest BCUT2D eigenvalue weighted by atomic mass is 16.5. The largest absolute Gasteiger partial charge is 0.489 e. The lowest BCUT2D eigenvalue weighted by Gasteiger charge is -2.41. The maximum Gasteiger partial charge on any atom is 0.314 e. The van der Waals surface area contributed by atoms with Crippen LogP contribution in [0, 0.1) is 5.92 Å². The zero-order valence-corrected chi connectivity index (χ0v) is 12.0. The number of benzene rings is 1. The van der Waals surface area contributed by atoms with E-state index < -0.39 is 0 Å². The molecule has 0 amide bonds. The predicted octanol–water partition coefficient (Wildman–Crippen LogP) is 2.09. The third-order valence-electron chi connectivity index (χ3n) is 4.72. The highest BCUT2D eigenvalue weighted by Crippen LogP contribution is 2.40. The summed E-state index contributed by atoms with van der Waals surface area (Å²) in [5.41, 5.74) is 0. The Labute approximate surface area is 119 Å². The minimum atomic E-state index is -0.191. The number of hydrogen-bond acceptors (Lipinski definition) is 4.